The molecule has 7 heteroatoms. The molecule has 0 saturated heterocycles. The van der Waals surface area contributed by atoms with Crippen LogP contribution in [0.25, 0.3) is 17.2 Å². The number of nitrogens with zero attached hydrogens (tertiary/aromatic N) is 5. The maximum absolute atomic E-state index is 5.89. The lowest BCUT2D eigenvalue weighted by Gasteiger charge is -2.02. The van der Waals surface area contributed by atoms with Crippen LogP contribution in [0.4, 0.5) is 0 Å². The number of hydrogen-bond acceptors (Lipinski definition) is 5. The zero-order valence-electron chi connectivity index (χ0n) is 9.41. The third-order valence-electron chi connectivity index (χ3n) is 2.43. The zero-order valence-corrected chi connectivity index (χ0v) is 11.0. The Bertz CT molecular complexity index is 711. The largest absolute Gasteiger partial charge is 0.292 e. The maximum Gasteiger partial charge on any atom is 0.179 e. The Morgan fingerprint density at radius 1 is 1.22 bits per heavy atom. The molecule has 0 aliphatic carbocycles. The SMILES string of the molecule is CSc1ccnc(-c2cnc3cnc(Cl)cn23)n1. The molecule has 3 aromatic rings. The highest BCUT2D eigenvalue weighted by atomic mass is 35.5. The first-order valence-corrected chi connectivity index (χ1v) is 6.74. The summed E-state index contributed by atoms with van der Waals surface area (Å²) in [5.41, 5.74) is 1.51. The molecule has 18 heavy (non-hydrogen) atoms. The number of thioether (sulfide) groups is 1. The number of halogens is 1. The molecule has 0 saturated carbocycles. The van der Waals surface area contributed by atoms with E-state index in [-0.39, 0.29) is 0 Å². The van der Waals surface area contributed by atoms with Crippen LogP contribution in [0.15, 0.2) is 35.9 Å². The van der Waals surface area contributed by atoms with E-state index in [1.54, 1.807) is 36.5 Å². The van der Waals surface area contributed by atoms with Crippen LogP contribution in [0.2, 0.25) is 5.15 Å². The fourth-order valence-electron chi connectivity index (χ4n) is 1.61. The van der Waals surface area contributed by atoms with Crippen molar-refractivity contribution >= 4 is 29.0 Å². The number of rotatable bonds is 2. The number of fused-ring (bicyclic) bond motifs is 1. The maximum atomic E-state index is 5.89. The molecule has 0 aromatic carbocycles. The van der Waals surface area contributed by atoms with E-state index in [2.05, 4.69) is 19.9 Å². The van der Waals surface area contributed by atoms with Gasteiger partial charge in [0.25, 0.3) is 0 Å². The fraction of sp³-hybridized carbons (Fsp3) is 0.0909. The van der Waals surface area contributed by atoms with E-state index in [9.17, 15) is 0 Å². The van der Waals surface area contributed by atoms with Crippen molar-refractivity contribution in [2.24, 2.45) is 0 Å². The van der Waals surface area contributed by atoms with Crippen molar-refractivity contribution in [2.75, 3.05) is 6.26 Å². The van der Waals surface area contributed by atoms with Gasteiger partial charge in [-0.2, -0.15) is 0 Å². The minimum absolute atomic E-state index is 0.405. The van der Waals surface area contributed by atoms with Crippen LogP contribution in [0, 0.1) is 0 Å². The Morgan fingerprint density at radius 2 is 2.11 bits per heavy atom. The second-order valence-electron chi connectivity index (χ2n) is 3.50. The molecule has 90 valence electrons. The summed E-state index contributed by atoms with van der Waals surface area (Å²) in [6, 6.07) is 1.87. The van der Waals surface area contributed by atoms with Gasteiger partial charge in [-0.15, -0.1) is 11.8 Å². The first kappa shape index (κ1) is 11.4. The summed E-state index contributed by atoms with van der Waals surface area (Å²) >= 11 is 7.46. The van der Waals surface area contributed by atoms with Crippen LogP contribution in [-0.2, 0) is 0 Å². The van der Waals surface area contributed by atoms with Gasteiger partial charge < -0.3 is 0 Å². The van der Waals surface area contributed by atoms with Gasteiger partial charge in [0.2, 0.25) is 0 Å². The van der Waals surface area contributed by atoms with Crippen molar-refractivity contribution in [3.8, 4) is 11.5 Å². The van der Waals surface area contributed by atoms with Crippen molar-refractivity contribution in [3.05, 3.63) is 36.0 Å². The summed E-state index contributed by atoms with van der Waals surface area (Å²) in [6.45, 7) is 0. The van der Waals surface area contributed by atoms with E-state index >= 15 is 0 Å². The molecular formula is C11H8ClN5S. The van der Waals surface area contributed by atoms with Crippen LogP contribution in [0.3, 0.4) is 0 Å². The molecule has 0 bridgehead atoms. The van der Waals surface area contributed by atoms with Crippen LogP contribution < -0.4 is 0 Å². The zero-order chi connectivity index (χ0) is 12.5. The Morgan fingerprint density at radius 3 is 2.94 bits per heavy atom. The second kappa shape index (κ2) is 4.55. The predicted octanol–water partition coefficient (Wildman–Crippen LogP) is 2.56. The molecular weight excluding hydrogens is 270 g/mol. The van der Waals surface area contributed by atoms with Gasteiger partial charge in [-0.1, -0.05) is 11.6 Å². The van der Waals surface area contributed by atoms with Crippen LogP contribution >= 0.6 is 23.4 Å². The molecule has 0 aliphatic heterocycles. The second-order valence-corrected chi connectivity index (χ2v) is 4.72. The normalized spacial score (nSPS) is 11.0. The van der Waals surface area contributed by atoms with E-state index in [1.165, 1.54) is 0 Å². The van der Waals surface area contributed by atoms with E-state index < -0.39 is 0 Å². The molecule has 0 aliphatic rings. The standard InChI is InChI=1S/C11H8ClN5S/c1-18-10-2-3-13-11(16-10)7-4-15-9-5-14-8(12)6-17(7)9/h2-6H,1H3. The number of imidazole rings is 1. The topological polar surface area (TPSA) is 56.0 Å². The van der Waals surface area contributed by atoms with Crippen LogP contribution in [0.1, 0.15) is 0 Å². The van der Waals surface area contributed by atoms with Crippen molar-refractivity contribution in [1.82, 2.24) is 24.3 Å². The van der Waals surface area contributed by atoms with E-state index in [0.717, 1.165) is 10.7 Å². The van der Waals surface area contributed by atoms with Gasteiger partial charge in [0.05, 0.1) is 17.4 Å². The highest BCUT2D eigenvalue weighted by molar-refractivity contribution is 7.98. The van der Waals surface area contributed by atoms with Gasteiger partial charge in [0.15, 0.2) is 11.5 Å². The van der Waals surface area contributed by atoms with Crippen molar-refractivity contribution < 1.29 is 0 Å². The molecule has 3 rings (SSSR count). The molecule has 0 atom stereocenters. The predicted molar refractivity (Wildman–Crippen MR) is 70.8 cm³/mol. The summed E-state index contributed by atoms with van der Waals surface area (Å²) in [6.07, 6.45) is 8.74. The summed E-state index contributed by atoms with van der Waals surface area (Å²) in [5, 5.41) is 1.32. The first-order chi connectivity index (χ1) is 8.78. The van der Waals surface area contributed by atoms with Crippen LogP contribution in [0.5, 0.6) is 0 Å². The third-order valence-corrected chi connectivity index (χ3v) is 3.27. The molecule has 0 radical (unpaired) electrons. The van der Waals surface area contributed by atoms with Gasteiger partial charge in [0.1, 0.15) is 10.8 Å². The lowest BCUT2D eigenvalue weighted by molar-refractivity contribution is 1.03. The Balaban J connectivity index is 2.21. The first-order valence-electron chi connectivity index (χ1n) is 5.14. The highest BCUT2D eigenvalue weighted by Crippen LogP contribution is 2.20. The van der Waals surface area contributed by atoms with Crippen molar-refractivity contribution in [3.63, 3.8) is 0 Å². The number of hydrogen-bond donors (Lipinski definition) is 0. The highest BCUT2D eigenvalue weighted by Gasteiger charge is 2.09. The minimum atomic E-state index is 0.405. The van der Waals surface area contributed by atoms with Gasteiger partial charge in [-0.25, -0.2) is 19.9 Å². The van der Waals surface area contributed by atoms with E-state index in [0.29, 0.717) is 16.6 Å². The van der Waals surface area contributed by atoms with Crippen molar-refractivity contribution in [2.45, 2.75) is 5.03 Å². The molecule has 0 fully saturated rings. The van der Waals surface area contributed by atoms with Gasteiger partial charge in [-0.05, 0) is 12.3 Å². The minimum Gasteiger partial charge on any atom is -0.292 e. The Kier molecular flexibility index (Phi) is 2.89. The summed E-state index contributed by atoms with van der Waals surface area (Å²) in [4.78, 5) is 16.9. The summed E-state index contributed by atoms with van der Waals surface area (Å²) in [7, 11) is 0. The lowest BCUT2D eigenvalue weighted by atomic mass is 10.4. The van der Waals surface area contributed by atoms with Gasteiger partial charge >= 0.3 is 0 Å². The van der Waals surface area contributed by atoms with Gasteiger partial charge in [0, 0.05) is 12.4 Å². The molecule has 0 spiro atoms. The quantitative estimate of drug-likeness (QED) is 0.532. The smallest absolute Gasteiger partial charge is 0.179 e. The fourth-order valence-corrected chi connectivity index (χ4v) is 2.13. The summed E-state index contributed by atoms with van der Waals surface area (Å²) < 4.78 is 1.83. The summed E-state index contributed by atoms with van der Waals surface area (Å²) in [5.74, 6) is 0.622. The average molecular weight is 278 g/mol. The molecule has 5 nitrogen and oxygen atoms in total. The lowest BCUT2D eigenvalue weighted by Crippen LogP contribution is -1.95. The molecule has 3 heterocycles. The third kappa shape index (κ3) is 1.93. The van der Waals surface area contributed by atoms with E-state index in [4.69, 9.17) is 11.6 Å². The van der Waals surface area contributed by atoms with Crippen molar-refractivity contribution in [1.29, 1.82) is 0 Å². The molecule has 3 aromatic heterocycles. The molecule has 0 unspecified atom stereocenters. The molecule has 0 amide bonds. The number of aromatic nitrogens is 5. The van der Waals surface area contributed by atoms with E-state index in [1.807, 2.05) is 16.7 Å². The molecule has 0 N–H and O–H groups in total. The average Bonchev–Trinajstić information content (AvgIpc) is 2.81. The Hall–Kier alpha value is -1.66. The Labute approximate surface area is 112 Å². The van der Waals surface area contributed by atoms with Crippen LogP contribution in [-0.4, -0.2) is 30.6 Å². The monoisotopic (exact) mass is 277 g/mol. The van der Waals surface area contributed by atoms with Gasteiger partial charge in [-0.3, -0.25) is 4.40 Å².